The molecule has 3 aromatic carbocycles. The Kier molecular flexibility index (Phi) is 8.88. The van der Waals surface area contributed by atoms with Crippen LogP contribution in [0.25, 0.3) is 0 Å². The SMILES string of the molecule is O=C(Nc1cc(NC(=O)C(F)(F)F)c(F)cc1F)c1cc(NC(=O)C2[C@H](c3ccc(Cl)c(Cl)c3)C2(Cl)Cl)cc(F)c1Cl. The van der Waals surface area contributed by atoms with E-state index in [1.165, 1.54) is 17.4 Å². The van der Waals surface area contributed by atoms with Crippen LogP contribution in [0.2, 0.25) is 15.1 Å². The average molecular weight is 694 g/mol. The van der Waals surface area contributed by atoms with Crippen molar-refractivity contribution >= 4 is 92.8 Å². The molecular formula is C25H12Cl5F6N3O3. The summed E-state index contributed by atoms with van der Waals surface area (Å²) in [5.74, 6) is -10.7. The van der Waals surface area contributed by atoms with Gasteiger partial charge in [0.25, 0.3) is 5.91 Å². The molecule has 17 heteroatoms. The molecule has 1 saturated carbocycles. The van der Waals surface area contributed by atoms with Crippen LogP contribution in [0.4, 0.5) is 43.4 Å². The molecule has 222 valence electrons. The predicted molar refractivity (Wildman–Crippen MR) is 146 cm³/mol. The molecule has 0 radical (unpaired) electrons. The number of carbonyl (C=O) groups is 3. The first-order chi connectivity index (χ1) is 19.4. The summed E-state index contributed by atoms with van der Waals surface area (Å²) in [6.45, 7) is 0. The Labute approximate surface area is 257 Å². The second-order valence-corrected chi connectivity index (χ2v) is 11.5. The van der Waals surface area contributed by atoms with Crippen molar-refractivity contribution in [2.45, 2.75) is 16.4 Å². The van der Waals surface area contributed by atoms with Crippen LogP contribution in [-0.2, 0) is 9.59 Å². The van der Waals surface area contributed by atoms with E-state index in [1.54, 1.807) is 6.07 Å². The molecule has 2 atom stereocenters. The minimum atomic E-state index is -5.39. The largest absolute Gasteiger partial charge is 0.471 e. The molecule has 1 aliphatic carbocycles. The molecule has 1 unspecified atom stereocenters. The van der Waals surface area contributed by atoms with Crippen molar-refractivity contribution in [2.75, 3.05) is 16.0 Å². The Balaban J connectivity index is 1.55. The number of carbonyl (C=O) groups excluding carboxylic acids is 3. The molecule has 1 fully saturated rings. The van der Waals surface area contributed by atoms with Gasteiger partial charge in [-0.2, -0.15) is 13.2 Å². The molecule has 0 heterocycles. The monoisotopic (exact) mass is 691 g/mol. The molecule has 0 bridgehead atoms. The molecule has 0 aliphatic heterocycles. The molecule has 0 saturated heterocycles. The lowest BCUT2D eigenvalue weighted by molar-refractivity contribution is -0.167. The van der Waals surface area contributed by atoms with Gasteiger partial charge in [0.2, 0.25) is 5.91 Å². The normalized spacial score (nSPS) is 17.4. The maximum absolute atomic E-state index is 14.6. The molecule has 0 aromatic heterocycles. The van der Waals surface area contributed by atoms with Crippen molar-refractivity contribution in [2.24, 2.45) is 5.92 Å². The lowest BCUT2D eigenvalue weighted by Gasteiger charge is -2.14. The molecular weight excluding hydrogens is 682 g/mol. The van der Waals surface area contributed by atoms with Gasteiger partial charge in [0, 0.05) is 17.7 Å². The summed E-state index contributed by atoms with van der Waals surface area (Å²) in [5.41, 5.74) is -2.46. The molecule has 4 rings (SSSR count). The van der Waals surface area contributed by atoms with E-state index in [1.807, 2.05) is 5.32 Å². The highest BCUT2D eigenvalue weighted by molar-refractivity contribution is 6.53. The standard InChI is InChI=1S/C25H12Cl5F6N3O3/c26-11-2-1-8(3-12(11)27)18-19(24(18,29)30)22(41)37-9-4-10(20(28)15(33)5-9)21(40)38-16-7-17(14(32)6-13(16)31)39-23(42)25(34,35)36/h1-7,18-19H,(H,37,41)(H,38,40)(H,39,42)/t18-,19?/m0/s1. The van der Waals surface area contributed by atoms with Crippen molar-refractivity contribution in [3.8, 4) is 0 Å². The second kappa shape index (κ2) is 11.6. The van der Waals surface area contributed by atoms with Gasteiger partial charge in [0.05, 0.1) is 37.9 Å². The molecule has 3 N–H and O–H groups in total. The van der Waals surface area contributed by atoms with Crippen molar-refractivity contribution in [1.82, 2.24) is 0 Å². The van der Waals surface area contributed by atoms with Crippen LogP contribution in [0.1, 0.15) is 21.8 Å². The zero-order valence-electron chi connectivity index (χ0n) is 20.1. The van der Waals surface area contributed by atoms with Crippen LogP contribution >= 0.6 is 58.0 Å². The quantitative estimate of drug-likeness (QED) is 0.179. The minimum absolute atomic E-state index is 0.102. The highest BCUT2D eigenvalue weighted by Crippen LogP contribution is 2.65. The summed E-state index contributed by atoms with van der Waals surface area (Å²) in [6.07, 6.45) is -5.39. The maximum Gasteiger partial charge on any atom is 0.471 e. The van der Waals surface area contributed by atoms with Crippen molar-refractivity contribution in [3.05, 3.63) is 86.1 Å². The summed E-state index contributed by atoms with van der Waals surface area (Å²) in [5, 5.41) is 5.12. The summed E-state index contributed by atoms with van der Waals surface area (Å²) in [6, 6.07) is 6.66. The Morgan fingerprint density at radius 2 is 1.38 bits per heavy atom. The number of rotatable bonds is 6. The smallest absolute Gasteiger partial charge is 0.326 e. The zero-order chi connectivity index (χ0) is 31.3. The summed E-state index contributed by atoms with van der Waals surface area (Å²) < 4.78 is 78.9. The lowest BCUT2D eigenvalue weighted by Crippen LogP contribution is -2.30. The molecule has 0 spiro atoms. The van der Waals surface area contributed by atoms with Crippen LogP contribution in [0.15, 0.2) is 42.5 Å². The predicted octanol–water partition coefficient (Wildman–Crippen LogP) is 8.34. The number of hydrogen-bond donors (Lipinski definition) is 3. The minimum Gasteiger partial charge on any atom is -0.326 e. The first-order valence-electron chi connectivity index (χ1n) is 11.2. The molecule has 3 aromatic rings. The van der Waals surface area contributed by atoms with E-state index in [2.05, 4.69) is 5.32 Å². The third kappa shape index (κ3) is 6.52. The van der Waals surface area contributed by atoms with E-state index < -0.39 is 79.5 Å². The van der Waals surface area contributed by atoms with Crippen LogP contribution in [0, 0.1) is 23.4 Å². The van der Waals surface area contributed by atoms with Crippen molar-refractivity contribution < 1.29 is 40.7 Å². The molecule has 1 aliphatic rings. The number of nitrogens with one attached hydrogen (secondary N) is 3. The third-order valence-corrected chi connectivity index (χ3v) is 8.05. The Hall–Kier alpha value is -2.90. The van der Waals surface area contributed by atoms with Gasteiger partial charge in [0.1, 0.15) is 21.8 Å². The van der Waals surface area contributed by atoms with Crippen molar-refractivity contribution in [1.29, 1.82) is 0 Å². The van der Waals surface area contributed by atoms with Crippen LogP contribution in [0.5, 0.6) is 0 Å². The Bertz CT molecular complexity index is 1640. The fraction of sp³-hybridized carbons (Fsp3) is 0.160. The summed E-state index contributed by atoms with van der Waals surface area (Å²) in [7, 11) is 0. The molecule has 6 nitrogen and oxygen atoms in total. The topological polar surface area (TPSA) is 87.3 Å². The van der Waals surface area contributed by atoms with Gasteiger partial charge in [-0.05, 0) is 35.9 Å². The highest BCUT2D eigenvalue weighted by Gasteiger charge is 2.67. The number of alkyl halides is 5. The first-order valence-corrected chi connectivity index (χ1v) is 13.1. The number of amides is 3. The van der Waals surface area contributed by atoms with Gasteiger partial charge in [-0.1, -0.05) is 40.9 Å². The van der Waals surface area contributed by atoms with E-state index in [9.17, 15) is 40.7 Å². The van der Waals surface area contributed by atoms with Gasteiger partial charge < -0.3 is 16.0 Å². The van der Waals surface area contributed by atoms with E-state index in [4.69, 9.17) is 58.0 Å². The number of halogens is 11. The van der Waals surface area contributed by atoms with Gasteiger partial charge in [-0.3, -0.25) is 14.4 Å². The fourth-order valence-corrected chi connectivity index (χ4v) is 5.27. The van der Waals surface area contributed by atoms with E-state index >= 15 is 0 Å². The number of benzene rings is 3. The van der Waals surface area contributed by atoms with Crippen LogP contribution < -0.4 is 16.0 Å². The third-order valence-electron chi connectivity index (χ3n) is 5.99. The van der Waals surface area contributed by atoms with Gasteiger partial charge in [0.15, 0.2) is 0 Å². The van der Waals surface area contributed by atoms with Gasteiger partial charge in [-0.25, -0.2) is 13.2 Å². The Morgan fingerprint density at radius 3 is 1.98 bits per heavy atom. The first kappa shape index (κ1) is 32.0. The number of anilines is 3. The molecule has 42 heavy (non-hydrogen) atoms. The number of hydrogen-bond acceptors (Lipinski definition) is 3. The van der Waals surface area contributed by atoms with E-state index in [-0.39, 0.29) is 21.8 Å². The zero-order valence-corrected chi connectivity index (χ0v) is 23.9. The average Bonchev–Trinajstić information content (AvgIpc) is 3.46. The van der Waals surface area contributed by atoms with E-state index in [0.29, 0.717) is 11.6 Å². The lowest BCUT2D eigenvalue weighted by atomic mass is 10.1. The fourth-order valence-electron chi connectivity index (χ4n) is 3.94. The summed E-state index contributed by atoms with van der Waals surface area (Å²) >= 11 is 30.4. The highest BCUT2D eigenvalue weighted by atomic mass is 35.5. The van der Waals surface area contributed by atoms with Gasteiger partial charge in [-0.15, -0.1) is 23.2 Å². The van der Waals surface area contributed by atoms with Crippen LogP contribution in [0.3, 0.4) is 0 Å². The van der Waals surface area contributed by atoms with Crippen LogP contribution in [-0.4, -0.2) is 28.2 Å². The second-order valence-electron chi connectivity index (χ2n) is 8.83. The molecule has 3 amide bonds. The van der Waals surface area contributed by atoms with Crippen molar-refractivity contribution in [3.63, 3.8) is 0 Å². The van der Waals surface area contributed by atoms with Gasteiger partial charge >= 0.3 is 12.1 Å². The van der Waals surface area contributed by atoms with E-state index in [0.717, 1.165) is 12.1 Å². The summed E-state index contributed by atoms with van der Waals surface area (Å²) in [4.78, 5) is 37.0. The maximum atomic E-state index is 14.6. The Morgan fingerprint density at radius 1 is 0.762 bits per heavy atom.